The molecule has 4 rings (SSSR count). The Morgan fingerprint density at radius 2 is 1.77 bits per heavy atom. The fourth-order valence-electron chi connectivity index (χ4n) is 3.42. The monoisotopic (exact) mass is 510 g/mol. The van der Waals surface area contributed by atoms with Crippen molar-refractivity contribution in [3.05, 3.63) is 94.3 Å². The van der Waals surface area contributed by atoms with Crippen LogP contribution in [0.5, 0.6) is 11.5 Å². The molecule has 1 fully saturated rings. The Morgan fingerprint density at radius 3 is 2.49 bits per heavy atom. The molecule has 0 spiro atoms. The highest BCUT2D eigenvalue weighted by Gasteiger charge is 2.35. The van der Waals surface area contributed by atoms with E-state index in [0.29, 0.717) is 35.3 Å². The van der Waals surface area contributed by atoms with Gasteiger partial charge in [0.15, 0.2) is 16.6 Å². The van der Waals surface area contributed by atoms with E-state index in [2.05, 4.69) is 5.32 Å². The molecule has 0 atom stereocenters. The molecule has 1 aliphatic rings. The number of nitrogens with zero attached hydrogens (tertiary/aromatic N) is 1. The number of anilines is 1. The molecule has 3 aromatic rings. The Hall–Kier alpha value is -3.75. The molecule has 0 saturated carbocycles. The fourth-order valence-corrected chi connectivity index (χ4v) is 3.82. The van der Waals surface area contributed by atoms with Gasteiger partial charge in [0.05, 0.1) is 12.3 Å². The Morgan fingerprint density at radius 1 is 1.03 bits per heavy atom. The van der Waals surface area contributed by atoms with Crippen molar-refractivity contribution in [2.75, 3.05) is 11.5 Å². The number of para-hydroxylation sites is 1. The number of nitrogens with one attached hydrogen (secondary N) is 1. The maximum absolute atomic E-state index is 14.3. The van der Waals surface area contributed by atoms with Gasteiger partial charge < -0.3 is 9.47 Å². The number of ether oxygens (including phenoxy) is 2. The van der Waals surface area contributed by atoms with Gasteiger partial charge in [0.2, 0.25) is 0 Å². The van der Waals surface area contributed by atoms with Crippen LogP contribution >= 0.6 is 23.8 Å². The van der Waals surface area contributed by atoms with Gasteiger partial charge in [-0.25, -0.2) is 9.29 Å². The van der Waals surface area contributed by atoms with Gasteiger partial charge in [-0.05, 0) is 72.7 Å². The third-order valence-corrected chi connectivity index (χ3v) is 5.62. The van der Waals surface area contributed by atoms with Crippen LogP contribution in [0.25, 0.3) is 6.08 Å². The van der Waals surface area contributed by atoms with E-state index in [0.717, 1.165) is 10.5 Å². The molecule has 1 heterocycles. The number of hydrogen-bond donors (Lipinski definition) is 1. The molecule has 9 heteroatoms. The highest BCUT2D eigenvalue weighted by atomic mass is 35.5. The van der Waals surface area contributed by atoms with Gasteiger partial charge in [-0.1, -0.05) is 41.9 Å². The lowest BCUT2D eigenvalue weighted by Gasteiger charge is -2.29. The molecule has 1 aliphatic heterocycles. The standard InChI is InChI=1S/C26H20ClFN2O4S/c1-2-33-23-14-17(9-12-22(23)34-15-16-7-10-18(27)11-8-16)13-19-24(31)29-26(35)30(25(19)32)21-6-4-3-5-20(21)28/h3-14H,2,15H2,1H3,(H,29,31,35)/b19-13+. The van der Waals surface area contributed by atoms with Gasteiger partial charge in [0.25, 0.3) is 11.8 Å². The molecule has 0 radical (unpaired) electrons. The summed E-state index contributed by atoms with van der Waals surface area (Å²) in [6, 6.07) is 18.0. The number of rotatable bonds is 7. The molecule has 6 nitrogen and oxygen atoms in total. The second-order valence-electron chi connectivity index (χ2n) is 7.46. The van der Waals surface area contributed by atoms with E-state index in [9.17, 15) is 14.0 Å². The van der Waals surface area contributed by atoms with E-state index < -0.39 is 17.6 Å². The number of benzene rings is 3. The molecule has 2 amide bonds. The minimum Gasteiger partial charge on any atom is -0.490 e. The summed E-state index contributed by atoms with van der Waals surface area (Å²) in [4.78, 5) is 26.7. The third kappa shape index (κ3) is 5.50. The predicted molar refractivity (Wildman–Crippen MR) is 136 cm³/mol. The van der Waals surface area contributed by atoms with Crippen molar-refractivity contribution in [1.82, 2.24) is 5.32 Å². The van der Waals surface area contributed by atoms with Crippen LogP contribution in [0, 0.1) is 5.82 Å². The first-order valence-electron chi connectivity index (χ1n) is 10.7. The van der Waals surface area contributed by atoms with Crippen LogP contribution in [-0.4, -0.2) is 23.5 Å². The average Bonchev–Trinajstić information content (AvgIpc) is 2.83. The second kappa shape index (κ2) is 10.7. The van der Waals surface area contributed by atoms with Crippen molar-refractivity contribution in [3.8, 4) is 11.5 Å². The largest absolute Gasteiger partial charge is 0.490 e. The number of thiocarbonyl (C=S) groups is 1. The van der Waals surface area contributed by atoms with Gasteiger partial charge in [-0.15, -0.1) is 0 Å². The summed E-state index contributed by atoms with van der Waals surface area (Å²) in [5.41, 5.74) is 1.21. The Kier molecular flexibility index (Phi) is 7.43. The topological polar surface area (TPSA) is 67.9 Å². The van der Waals surface area contributed by atoms with Crippen LogP contribution in [0.2, 0.25) is 5.02 Å². The maximum atomic E-state index is 14.3. The zero-order chi connectivity index (χ0) is 24.9. The lowest BCUT2D eigenvalue weighted by molar-refractivity contribution is -0.122. The number of amides is 2. The van der Waals surface area contributed by atoms with E-state index in [1.807, 2.05) is 19.1 Å². The number of carbonyl (C=O) groups excluding carboxylic acids is 2. The highest BCUT2D eigenvalue weighted by Crippen LogP contribution is 2.31. The molecule has 178 valence electrons. The molecule has 0 bridgehead atoms. The smallest absolute Gasteiger partial charge is 0.270 e. The van der Waals surface area contributed by atoms with Crippen molar-refractivity contribution in [1.29, 1.82) is 0 Å². The highest BCUT2D eigenvalue weighted by molar-refractivity contribution is 7.80. The SMILES string of the molecule is CCOc1cc(/C=C2\C(=O)NC(=S)N(c3ccccc3F)C2=O)ccc1OCc1ccc(Cl)cc1. The Labute approximate surface area is 211 Å². The first-order chi connectivity index (χ1) is 16.9. The van der Waals surface area contributed by atoms with Crippen LogP contribution in [-0.2, 0) is 16.2 Å². The maximum Gasteiger partial charge on any atom is 0.270 e. The zero-order valence-electron chi connectivity index (χ0n) is 18.6. The summed E-state index contributed by atoms with van der Waals surface area (Å²) < 4.78 is 26.0. The third-order valence-electron chi connectivity index (χ3n) is 5.08. The van der Waals surface area contributed by atoms with Gasteiger partial charge in [0, 0.05) is 5.02 Å². The molecule has 1 N–H and O–H groups in total. The molecular weight excluding hydrogens is 491 g/mol. The van der Waals surface area contributed by atoms with Gasteiger partial charge in [-0.2, -0.15) is 0 Å². The van der Waals surface area contributed by atoms with Crippen molar-refractivity contribution < 1.29 is 23.5 Å². The van der Waals surface area contributed by atoms with Gasteiger partial charge in [0.1, 0.15) is 18.0 Å². The molecule has 0 aliphatic carbocycles. The van der Waals surface area contributed by atoms with Crippen LogP contribution in [0.3, 0.4) is 0 Å². The lowest BCUT2D eigenvalue weighted by atomic mass is 10.1. The van der Waals surface area contributed by atoms with Crippen LogP contribution in [0.15, 0.2) is 72.3 Å². The second-order valence-corrected chi connectivity index (χ2v) is 8.29. The molecular formula is C26H20ClFN2O4S. The Bertz CT molecular complexity index is 1330. The van der Waals surface area contributed by atoms with E-state index >= 15 is 0 Å². The predicted octanol–water partition coefficient (Wildman–Crippen LogP) is 5.29. The minimum atomic E-state index is -0.732. The van der Waals surface area contributed by atoms with Crippen molar-refractivity contribution in [2.24, 2.45) is 0 Å². The molecule has 3 aromatic carbocycles. The average molecular weight is 511 g/mol. The first kappa shape index (κ1) is 24.4. The molecule has 0 unspecified atom stereocenters. The van der Waals surface area contributed by atoms with E-state index in [1.165, 1.54) is 24.3 Å². The van der Waals surface area contributed by atoms with E-state index in [4.69, 9.17) is 33.3 Å². The number of carbonyl (C=O) groups is 2. The van der Waals surface area contributed by atoms with Crippen LogP contribution < -0.4 is 19.7 Å². The normalized spacial score (nSPS) is 14.8. The fraction of sp³-hybridized carbons (Fsp3) is 0.115. The first-order valence-corrected chi connectivity index (χ1v) is 11.5. The Balaban J connectivity index is 1.61. The van der Waals surface area contributed by atoms with Crippen molar-refractivity contribution in [3.63, 3.8) is 0 Å². The number of hydrogen-bond acceptors (Lipinski definition) is 5. The number of halogens is 2. The summed E-state index contributed by atoms with van der Waals surface area (Å²) in [6.45, 7) is 2.51. The molecule has 0 aromatic heterocycles. The van der Waals surface area contributed by atoms with Gasteiger partial charge >= 0.3 is 0 Å². The zero-order valence-corrected chi connectivity index (χ0v) is 20.2. The quantitative estimate of drug-likeness (QED) is 0.266. The van der Waals surface area contributed by atoms with E-state index in [-0.39, 0.29) is 16.4 Å². The van der Waals surface area contributed by atoms with Crippen LogP contribution in [0.1, 0.15) is 18.1 Å². The minimum absolute atomic E-state index is 0.0469. The van der Waals surface area contributed by atoms with E-state index in [1.54, 1.807) is 36.4 Å². The van der Waals surface area contributed by atoms with Gasteiger partial charge in [-0.3, -0.25) is 14.9 Å². The molecule has 35 heavy (non-hydrogen) atoms. The van der Waals surface area contributed by atoms with Crippen LogP contribution in [0.4, 0.5) is 10.1 Å². The molecule has 1 saturated heterocycles. The lowest BCUT2D eigenvalue weighted by Crippen LogP contribution is -2.54. The van der Waals surface area contributed by atoms with Crippen molar-refractivity contribution in [2.45, 2.75) is 13.5 Å². The summed E-state index contributed by atoms with van der Waals surface area (Å²) in [5.74, 6) is -1.10. The van der Waals surface area contributed by atoms with Crippen molar-refractivity contribution >= 4 is 52.5 Å². The summed E-state index contributed by atoms with van der Waals surface area (Å²) in [5, 5.41) is 2.89. The summed E-state index contributed by atoms with van der Waals surface area (Å²) in [6.07, 6.45) is 1.40. The summed E-state index contributed by atoms with van der Waals surface area (Å²) in [7, 11) is 0. The summed E-state index contributed by atoms with van der Waals surface area (Å²) >= 11 is 11.1.